The molecule has 1 saturated carbocycles. The Morgan fingerprint density at radius 2 is 2.47 bits per heavy atom. The minimum atomic E-state index is 0.102. The number of hydrogen-bond donors (Lipinski definition) is 1. The van der Waals surface area contributed by atoms with Crippen molar-refractivity contribution in [2.75, 3.05) is 6.54 Å². The van der Waals surface area contributed by atoms with Crippen LogP contribution in [0.3, 0.4) is 0 Å². The monoisotopic (exact) mass is 207 g/mol. The average Bonchev–Trinajstić information content (AvgIpc) is 2.84. The van der Waals surface area contributed by atoms with Gasteiger partial charge in [-0.25, -0.2) is 0 Å². The zero-order valence-electron chi connectivity index (χ0n) is 9.02. The fraction of sp³-hybridized carbons (Fsp3) is 0.636. The van der Waals surface area contributed by atoms with Gasteiger partial charge in [0.05, 0.1) is 0 Å². The fourth-order valence-electron chi connectivity index (χ4n) is 2.40. The number of Topliss-reactive ketones (excluding diaryl/α,β-unsaturated/α-hetero) is 1. The van der Waals surface area contributed by atoms with Gasteiger partial charge in [0.15, 0.2) is 5.78 Å². The molecule has 82 valence electrons. The number of aromatic nitrogens is 2. The van der Waals surface area contributed by atoms with Gasteiger partial charge >= 0.3 is 0 Å². The Morgan fingerprint density at radius 3 is 3.07 bits per heavy atom. The Hall–Kier alpha value is -1.16. The lowest BCUT2D eigenvalue weighted by Crippen LogP contribution is -2.25. The van der Waals surface area contributed by atoms with Crippen LogP contribution in [0.1, 0.15) is 29.8 Å². The van der Waals surface area contributed by atoms with E-state index in [2.05, 4.69) is 5.10 Å². The van der Waals surface area contributed by atoms with E-state index >= 15 is 0 Å². The highest BCUT2D eigenvalue weighted by Crippen LogP contribution is 2.33. The molecule has 1 aromatic heterocycles. The molecule has 0 saturated heterocycles. The first kappa shape index (κ1) is 10.4. The summed E-state index contributed by atoms with van der Waals surface area (Å²) in [5.74, 6) is 0.632. The molecule has 0 spiro atoms. The smallest absolute Gasteiger partial charge is 0.186 e. The zero-order valence-corrected chi connectivity index (χ0v) is 9.02. The van der Waals surface area contributed by atoms with Gasteiger partial charge in [-0.2, -0.15) is 5.10 Å². The van der Waals surface area contributed by atoms with E-state index in [-0.39, 0.29) is 11.7 Å². The highest BCUT2D eigenvalue weighted by molar-refractivity contribution is 5.96. The molecule has 0 radical (unpaired) electrons. The maximum atomic E-state index is 12.1. The molecular weight excluding hydrogens is 190 g/mol. The summed E-state index contributed by atoms with van der Waals surface area (Å²) in [6.07, 6.45) is 4.97. The van der Waals surface area contributed by atoms with Crippen molar-refractivity contribution in [3.05, 3.63) is 18.0 Å². The standard InChI is InChI=1S/C11H17N3O/c1-14-6-5-10(13-14)11(15)9-4-2-3-8(9)7-12/h5-6,8-9H,2-4,7,12H2,1H3. The number of hydrogen-bond acceptors (Lipinski definition) is 3. The Labute approximate surface area is 89.5 Å². The molecule has 0 aliphatic heterocycles. The topological polar surface area (TPSA) is 60.9 Å². The van der Waals surface area contributed by atoms with Gasteiger partial charge in [-0.3, -0.25) is 9.48 Å². The van der Waals surface area contributed by atoms with Crippen LogP contribution in [0.15, 0.2) is 12.3 Å². The second-order valence-corrected chi connectivity index (χ2v) is 4.27. The molecule has 1 aliphatic rings. The van der Waals surface area contributed by atoms with Gasteiger partial charge in [0.25, 0.3) is 0 Å². The second kappa shape index (κ2) is 4.14. The number of aryl methyl sites for hydroxylation is 1. The largest absolute Gasteiger partial charge is 0.330 e. The van der Waals surface area contributed by atoms with Crippen LogP contribution in [0.5, 0.6) is 0 Å². The minimum absolute atomic E-state index is 0.102. The van der Waals surface area contributed by atoms with Crippen LogP contribution in [-0.4, -0.2) is 22.1 Å². The summed E-state index contributed by atoms with van der Waals surface area (Å²) in [6, 6.07) is 1.79. The Bertz CT molecular complexity index is 358. The molecule has 4 heteroatoms. The Balaban J connectivity index is 2.13. The number of carbonyl (C=O) groups excluding carboxylic acids is 1. The van der Waals surface area contributed by atoms with Crippen molar-refractivity contribution in [1.82, 2.24) is 9.78 Å². The van der Waals surface area contributed by atoms with Crippen molar-refractivity contribution in [2.45, 2.75) is 19.3 Å². The predicted molar refractivity (Wildman–Crippen MR) is 57.4 cm³/mol. The molecule has 2 unspecified atom stereocenters. The number of rotatable bonds is 3. The summed E-state index contributed by atoms with van der Waals surface area (Å²) < 4.78 is 1.67. The summed E-state index contributed by atoms with van der Waals surface area (Å²) in [7, 11) is 1.83. The van der Waals surface area contributed by atoms with Crippen LogP contribution in [0, 0.1) is 11.8 Å². The molecule has 1 fully saturated rings. The van der Waals surface area contributed by atoms with E-state index in [9.17, 15) is 4.79 Å². The van der Waals surface area contributed by atoms with E-state index < -0.39 is 0 Å². The third-order valence-electron chi connectivity index (χ3n) is 3.26. The van der Waals surface area contributed by atoms with Gasteiger partial charge in [-0.1, -0.05) is 6.42 Å². The first-order valence-electron chi connectivity index (χ1n) is 5.46. The van der Waals surface area contributed by atoms with Crippen LogP contribution >= 0.6 is 0 Å². The van der Waals surface area contributed by atoms with Crippen LogP contribution in [0.2, 0.25) is 0 Å². The van der Waals surface area contributed by atoms with E-state index in [1.807, 2.05) is 7.05 Å². The van der Waals surface area contributed by atoms with Crippen molar-refractivity contribution in [1.29, 1.82) is 0 Å². The number of ketones is 1. The first-order valence-corrected chi connectivity index (χ1v) is 5.46. The lowest BCUT2D eigenvalue weighted by atomic mass is 9.90. The lowest BCUT2D eigenvalue weighted by molar-refractivity contribution is 0.0887. The second-order valence-electron chi connectivity index (χ2n) is 4.27. The molecule has 2 N–H and O–H groups in total. The van der Waals surface area contributed by atoms with Crippen molar-refractivity contribution >= 4 is 5.78 Å². The van der Waals surface area contributed by atoms with E-state index in [1.165, 1.54) is 0 Å². The molecule has 1 heterocycles. The van der Waals surface area contributed by atoms with Gasteiger partial charge in [-0.15, -0.1) is 0 Å². The number of carbonyl (C=O) groups is 1. The summed E-state index contributed by atoms with van der Waals surface area (Å²) in [6.45, 7) is 0.614. The highest BCUT2D eigenvalue weighted by Gasteiger charge is 2.33. The first-order chi connectivity index (χ1) is 7.22. The number of nitrogens with zero attached hydrogens (tertiary/aromatic N) is 2. The van der Waals surface area contributed by atoms with Crippen LogP contribution < -0.4 is 5.73 Å². The number of nitrogens with two attached hydrogens (primary N) is 1. The molecule has 0 amide bonds. The van der Waals surface area contributed by atoms with E-state index in [4.69, 9.17) is 5.73 Å². The third-order valence-corrected chi connectivity index (χ3v) is 3.26. The van der Waals surface area contributed by atoms with E-state index in [0.29, 0.717) is 18.2 Å². The van der Waals surface area contributed by atoms with Crippen LogP contribution in [-0.2, 0) is 7.05 Å². The Kier molecular flexibility index (Phi) is 2.86. The predicted octanol–water partition coefficient (Wildman–Crippen LogP) is 0.978. The van der Waals surface area contributed by atoms with Crippen molar-refractivity contribution in [3.63, 3.8) is 0 Å². The van der Waals surface area contributed by atoms with Gasteiger partial charge in [0.1, 0.15) is 5.69 Å². The maximum absolute atomic E-state index is 12.1. The summed E-state index contributed by atoms with van der Waals surface area (Å²) in [5.41, 5.74) is 6.25. The molecule has 0 aromatic carbocycles. The lowest BCUT2D eigenvalue weighted by Gasteiger charge is -2.14. The molecule has 15 heavy (non-hydrogen) atoms. The molecule has 4 nitrogen and oxygen atoms in total. The molecule has 2 atom stereocenters. The molecule has 1 aliphatic carbocycles. The van der Waals surface area contributed by atoms with Gasteiger partial charge in [0, 0.05) is 19.2 Å². The normalized spacial score (nSPS) is 25.7. The van der Waals surface area contributed by atoms with Gasteiger partial charge in [0.2, 0.25) is 0 Å². The summed E-state index contributed by atoms with van der Waals surface area (Å²) in [5, 5.41) is 4.15. The molecule has 1 aromatic rings. The summed E-state index contributed by atoms with van der Waals surface area (Å²) in [4.78, 5) is 12.1. The van der Waals surface area contributed by atoms with Crippen LogP contribution in [0.4, 0.5) is 0 Å². The average molecular weight is 207 g/mol. The van der Waals surface area contributed by atoms with E-state index in [1.54, 1.807) is 16.9 Å². The summed E-state index contributed by atoms with van der Waals surface area (Å²) >= 11 is 0. The maximum Gasteiger partial charge on any atom is 0.186 e. The minimum Gasteiger partial charge on any atom is -0.330 e. The van der Waals surface area contributed by atoms with E-state index in [0.717, 1.165) is 19.3 Å². The van der Waals surface area contributed by atoms with Crippen molar-refractivity contribution in [2.24, 2.45) is 24.6 Å². The van der Waals surface area contributed by atoms with Crippen LogP contribution in [0.25, 0.3) is 0 Å². The fourth-order valence-corrected chi connectivity index (χ4v) is 2.40. The third kappa shape index (κ3) is 1.95. The molecule has 0 bridgehead atoms. The highest BCUT2D eigenvalue weighted by atomic mass is 16.1. The SMILES string of the molecule is Cn1ccc(C(=O)C2CCCC2CN)n1. The Morgan fingerprint density at radius 1 is 1.67 bits per heavy atom. The van der Waals surface area contributed by atoms with Crippen molar-refractivity contribution < 1.29 is 4.79 Å². The van der Waals surface area contributed by atoms with Gasteiger partial charge < -0.3 is 5.73 Å². The molecule has 2 rings (SSSR count). The van der Waals surface area contributed by atoms with Gasteiger partial charge in [-0.05, 0) is 31.4 Å². The zero-order chi connectivity index (χ0) is 10.8. The van der Waals surface area contributed by atoms with Crippen molar-refractivity contribution in [3.8, 4) is 0 Å². The molecular formula is C11H17N3O. The quantitative estimate of drug-likeness (QED) is 0.751.